The van der Waals surface area contributed by atoms with Gasteiger partial charge in [0.25, 0.3) is 0 Å². The number of aryl methyl sites for hydroxylation is 1. The molecule has 12 heteroatoms. The summed E-state index contributed by atoms with van der Waals surface area (Å²) in [4.78, 5) is 6.14. The second kappa shape index (κ2) is 9.54. The van der Waals surface area contributed by atoms with E-state index in [-0.39, 0.29) is 6.10 Å². The monoisotopic (exact) mass is 549 g/mol. The lowest BCUT2D eigenvalue weighted by molar-refractivity contribution is 0.227. The quantitative estimate of drug-likeness (QED) is 0.313. The van der Waals surface area contributed by atoms with Gasteiger partial charge < -0.3 is 15.4 Å². The molecule has 0 bridgehead atoms. The maximum Gasteiger partial charge on any atom is 0.151 e. The molecule has 0 spiro atoms. The molecule has 3 N–H and O–H groups in total. The minimum Gasteiger partial charge on any atom is -0.486 e. The Morgan fingerprint density at radius 1 is 1.11 bits per heavy atom. The number of aromatic nitrogens is 7. The SMILES string of the molecule is C[C@@H](Oc1ccc2[nH]nc(-c3ccc(N4CC[C@](N)(c5ccn(C)n5)C4)nn3)c2c1)c1c(Cl)cncc1Cl. The summed E-state index contributed by atoms with van der Waals surface area (Å²) in [5, 5.41) is 22.8. The average molecular weight is 550 g/mol. The first-order valence-electron chi connectivity index (χ1n) is 12.1. The number of aromatic amines is 1. The molecule has 0 radical (unpaired) electrons. The average Bonchev–Trinajstić information content (AvgIpc) is 3.63. The fraction of sp³-hybridized carbons (Fsp3) is 0.269. The topological polar surface area (TPSA) is 124 Å². The normalized spacial score (nSPS) is 18.3. The predicted octanol–water partition coefficient (Wildman–Crippen LogP) is 4.66. The van der Waals surface area contributed by atoms with Crippen molar-refractivity contribution in [3.05, 3.63) is 76.3 Å². The smallest absolute Gasteiger partial charge is 0.151 e. The third kappa shape index (κ3) is 4.44. The number of anilines is 1. The number of ether oxygens (including phenoxy) is 1. The predicted molar refractivity (Wildman–Crippen MR) is 146 cm³/mol. The largest absolute Gasteiger partial charge is 0.486 e. The van der Waals surface area contributed by atoms with Crippen molar-refractivity contribution in [3.63, 3.8) is 0 Å². The van der Waals surface area contributed by atoms with E-state index in [1.54, 1.807) is 17.1 Å². The number of rotatable bonds is 6. The Morgan fingerprint density at radius 3 is 2.63 bits per heavy atom. The van der Waals surface area contributed by atoms with Crippen molar-refractivity contribution in [2.75, 3.05) is 18.0 Å². The standard InChI is InChI=1S/C26H25Cl2N9O/c1-15(24-18(27)12-30-13-19(24)28)38-16-3-4-20-17(11-16)25(34-31-20)21-5-6-23(33-32-21)37-10-8-26(29,14-37)22-7-9-36(2)35-22/h3-7,9,11-13,15H,8,10,14,29H2,1-2H3,(H,31,34)/t15-,26-/m1/s1. The third-order valence-corrected chi connectivity index (χ3v) is 7.49. The Balaban J connectivity index is 1.22. The summed E-state index contributed by atoms with van der Waals surface area (Å²) in [6.45, 7) is 3.28. The minimum atomic E-state index is -0.516. The molecule has 194 valence electrons. The summed E-state index contributed by atoms with van der Waals surface area (Å²) in [6.07, 6.45) is 5.42. The third-order valence-electron chi connectivity index (χ3n) is 6.89. The van der Waals surface area contributed by atoms with Crippen LogP contribution in [0.5, 0.6) is 5.75 Å². The van der Waals surface area contributed by atoms with Crippen LogP contribution >= 0.6 is 23.2 Å². The van der Waals surface area contributed by atoms with E-state index in [4.69, 9.17) is 33.7 Å². The molecule has 1 fully saturated rings. The zero-order valence-electron chi connectivity index (χ0n) is 20.8. The van der Waals surface area contributed by atoms with E-state index in [1.807, 2.05) is 56.6 Å². The van der Waals surface area contributed by atoms with Crippen LogP contribution in [0, 0.1) is 0 Å². The van der Waals surface area contributed by atoms with Gasteiger partial charge in [0.1, 0.15) is 23.2 Å². The maximum absolute atomic E-state index is 6.68. The molecule has 0 amide bonds. The molecule has 1 aliphatic heterocycles. The van der Waals surface area contributed by atoms with Crippen LogP contribution in [0.4, 0.5) is 5.82 Å². The van der Waals surface area contributed by atoms with E-state index in [1.165, 1.54) is 0 Å². The van der Waals surface area contributed by atoms with Crippen molar-refractivity contribution in [1.29, 1.82) is 0 Å². The van der Waals surface area contributed by atoms with Crippen LogP contribution < -0.4 is 15.4 Å². The number of hydrogen-bond acceptors (Lipinski definition) is 8. The number of fused-ring (bicyclic) bond motifs is 1. The molecular weight excluding hydrogens is 525 g/mol. The molecule has 0 saturated carbocycles. The van der Waals surface area contributed by atoms with E-state index in [2.05, 4.69) is 35.4 Å². The summed E-state index contributed by atoms with van der Waals surface area (Å²) < 4.78 is 7.95. The van der Waals surface area contributed by atoms with Crippen LogP contribution in [0.3, 0.4) is 0 Å². The van der Waals surface area contributed by atoms with Gasteiger partial charge in [0.2, 0.25) is 0 Å². The van der Waals surface area contributed by atoms with Crippen molar-refractivity contribution < 1.29 is 4.74 Å². The van der Waals surface area contributed by atoms with Crippen molar-refractivity contribution in [1.82, 2.24) is 35.2 Å². The molecule has 0 aliphatic carbocycles. The summed E-state index contributed by atoms with van der Waals surface area (Å²) in [7, 11) is 1.89. The van der Waals surface area contributed by atoms with Crippen LogP contribution in [0.2, 0.25) is 10.0 Å². The molecule has 10 nitrogen and oxygen atoms in total. The number of benzene rings is 1. The first kappa shape index (κ1) is 24.6. The summed E-state index contributed by atoms with van der Waals surface area (Å²) in [6, 6.07) is 11.5. The maximum atomic E-state index is 6.68. The van der Waals surface area contributed by atoms with Gasteiger partial charge in [0.05, 0.1) is 26.8 Å². The molecule has 4 aromatic heterocycles. The highest BCUT2D eigenvalue weighted by Crippen LogP contribution is 2.35. The van der Waals surface area contributed by atoms with E-state index in [9.17, 15) is 0 Å². The molecule has 5 aromatic rings. The van der Waals surface area contributed by atoms with Crippen LogP contribution in [0.1, 0.15) is 30.7 Å². The molecular formula is C26H25Cl2N9O. The van der Waals surface area contributed by atoms with Gasteiger partial charge in [0.15, 0.2) is 5.82 Å². The highest BCUT2D eigenvalue weighted by Gasteiger charge is 2.38. The molecule has 2 atom stereocenters. The van der Waals surface area contributed by atoms with Crippen LogP contribution in [-0.2, 0) is 12.6 Å². The van der Waals surface area contributed by atoms with E-state index >= 15 is 0 Å². The molecule has 1 aromatic carbocycles. The lowest BCUT2D eigenvalue weighted by Crippen LogP contribution is -2.40. The van der Waals surface area contributed by atoms with Crippen molar-refractivity contribution in [2.24, 2.45) is 12.8 Å². The first-order chi connectivity index (χ1) is 18.3. The van der Waals surface area contributed by atoms with E-state index in [0.717, 1.165) is 35.4 Å². The highest BCUT2D eigenvalue weighted by atomic mass is 35.5. The summed E-state index contributed by atoms with van der Waals surface area (Å²) in [5.74, 6) is 1.41. The number of nitrogens with one attached hydrogen (secondary N) is 1. The fourth-order valence-corrected chi connectivity index (χ4v) is 5.54. The Kier molecular flexibility index (Phi) is 6.17. The summed E-state index contributed by atoms with van der Waals surface area (Å²) >= 11 is 12.6. The van der Waals surface area contributed by atoms with Crippen molar-refractivity contribution in [2.45, 2.75) is 25.0 Å². The Morgan fingerprint density at radius 2 is 1.92 bits per heavy atom. The van der Waals surface area contributed by atoms with Gasteiger partial charge in [-0.05, 0) is 49.7 Å². The van der Waals surface area contributed by atoms with Crippen molar-refractivity contribution >= 4 is 39.9 Å². The number of hydrogen-bond donors (Lipinski definition) is 2. The number of H-pyrrole nitrogens is 1. The number of halogens is 2. The van der Waals surface area contributed by atoms with Crippen LogP contribution in [-0.4, -0.2) is 48.2 Å². The van der Waals surface area contributed by atoms with Gasteiger partial charge in [0, 0.05) is 49.7 Å². The van der Waals surface area contributed by atoms with Gasteiger partial charge in [-0.15, -0.1) is 10.2 Å². The molecule has 38 heavy (non-hydrogen) atoms. The van der Waals surface area contributed by atoms with E-state index in [0.29, 0.717) is 39.3 Å². The number of pyridine rings is 1. The Bertz CT molecular complexity index is 1600. The van der Waals surface area contributed by atoms with E-state index < -0.39 is 5.54 Å². The van der Waals surface area contributed by atoms with Gasteiger partial charge >= 0.3 is 0 Å². The zero-order valence-corrected chi connectivity index (χ0v) is 22.3. The molecule has 6 rings (SSSR count). The lowest BCUT2D eigenvalue weighted by Gasteiger charge is -2.23. The second-order valence-electron chi connectivity index (χ2n) is 9.54. The van der Waals surface area contributed by atoms with Crippen LogP contribution in [0.15, 0.2) is 55.0 Å². The number of nitrogens with two attached hydrogens (primary N) is 1. The first-order valence-corrected chi connectivity index (χ1v) is 12.9. The lowest BCUT2D eigenvalue weighted by atomic mass is 9.96. The molecule has 1 saturated heterocycles. The zero-order chi connectivity index (χ0) is 26.4. The Labute approximate surface area is 228 Å². The summed E-state index contributed by atoms with van der Waals surface area (Å²) in [5.41, 5.74) is 9.92. The number of nitrogens with zero attached hydrogens (tertiary/aromatic N) is 7. The fourth-order valence-electron chi connectivity index (χ4n) is 4.87. The molecule has 0 unspecified atom stereocenters. The second-order valence-corrected chi connectivity index (χ2v) is 10.4. The molecule has 5 heterocycles. The van der Waals surface area contributed by atoms with Gasteiger partial charge in [-0.3, -0.25) is 14.8 Å². The van der Waals surface area contributed by atoms with Crippen molar-refractivity contribution in [3.8, 4) is 17.1 Å². The molecule has 1 aliphatic rings. The highest BCUT2D eigenvalue weighted by molar-refractivity contribution is 6.35. The van der Waals surface area contributed by atoms with Gasteiger partial charge in [-0.25, -0.2) is 0 Å². The minimum absolute atomic E-state index is 0.383. The van der Waals surface area contributed by atoms with Crippen LogP contribution in [0.25, 0.3) is 22.3 Å². The van der Waals surface area contributed by atoms with Gasteiger partial charge in [-0.1, -0.05) is 23.2 Å². The van der Waals surface area contributed by atoms with Gasteiger partial charge in [-0.2, -0.15) is 10.2 Å². The Hall–Kier alpha value is -3.73.